The van der Waals surface area contributed by atoms with E-state index in [0.29, 0.717) is 5.75 Å². The molecule has 0 radical (unpaired) electrons. The maximum absolute atomic E-state index is 13.8. The van der Waals surface area contributed by atoms with Crippen LogP contribution in [0.1, 0.15) is 12.8 Å². The summed E-state index contributed by atoms with van der Waals surface area (Å²) in [4.78, 5) is -0.493. The van der Waals surface area contributed by atoms with Gasteiger partial charge in [0.2, 0.25) is 10.0 Å². The van der Waals surface area contributed by atoms with Gasteiger partial charge in [-0.25, -0.2) is 17.5 Å². The first-order valence-electron chi connectivity index (χ1n) is 5.75. The van der Waals surface area contributed by atoms with E-state index in [0.717, 1.165) is 24.7 Å². The topological polar surface area (TPSA) is 72.2 Å². The van der Waals surface area contributed by atoms with Crippen LogP contribution >= 0.6 is 23.4 Å². The Labute approximate surface area is 120 Å². The second kappa shape index (κ2) is 5.87. The van der Waals surface area contributed by atoms with Crippen molar-refractivity contribution in [3.8, 4) is 0 Å². The van der Waals surface area contributed by atoms with Crippen LogP contribution in [0.4, 0.5) is 10.1 Å². The third-order valence-corrected chi connectivity index (χ3v) is 5.76. The van der Waals surface area contributed by atoms with Gasteiger partial charge in [-0.15, -0.1) is 0 Å². The Balaban J connectivity index is 2.28. The van der Waals surface area contributed by atoms with Crippen LogP contribution in [0.3, 0.4) is 0 Å². The zero-order valence-electron chi connectivity index (χ0n) is 10.0. The number of hydrogen-bond donors (Lipinski definition) is 2. The van der Waals surface area contributed by atoms with Gasteiger partial charge in [-0.05, 0) is 30.7 Å². The first kappa shape index (κ1) is 14.9. The highest BCUT2D eigenvalue weighted by atomic mass is 35.5. The van der Waals surface area contributed by atoms with Crippen molar-refractivity contribution in [1.29, 1.82) is 0 Å². The lowest BCUT2D eigenvalue weighted by atomic mass is 10.2. The van der Waals surface area contributed by atoms with Crippen LogP contribution in [0.25, 0.3) is 0 Å². The molecule has 1 aliphatic heterocycles. The van der Waals surface area contributed by atoms with Gasteiger partial charge in [0, 0.05) is 16.8 Å². The molecule has 8 heteroatoms. The van der Waals surface area contributed by atoms with Crippen LogP contribution in [0.2, 0.25) is 5.02 Å². The molecule has 2 rings (SSSR count). The van der Waals surface area contributed by atoms with Gasteiger partial charge in [-0.3, -0.25) is 0 Å². The van der Waals surface area contributed by atoms with Gasteiger partial charge >= 0.3 is 0 Å². The predicted molar refractivity (Wildman–Crippen MR) is 76.5 cm³/mol. The molecule has 1 aromatic carbocycles. The van der Waals surface area contributed by atoms with E-state index in [2.05, 4.69) is 4.72 Å². The van der Waals surface area contributed by atoms with Crippen molar-refractivity contribution in [3.63, 3.8) is 0 Å². The summed E-state index contributed by atoms with van der Waals surface area (Å²) in [5, 5.41) is 0.0947. The lowest BCUT2D eigenvalue weighted by molar-refractivity contribution is 0.531. The van der Waals surface area contributed by atoms with Crippen molar-refractivity contribution in [2.24, 2.45) is 0 Å². The molecule has 1 aliphatic rings. The number of hydrogen-bond acceptors (Lipinski definition) is 4. The van der Waals surface area contributed by atoms with Crippen LogP contribution in [0, 0.1) is 5.82 Å². The lowest BCUT2D eigenvalue weighted by Gasteiger charge is -2.22. The van der Waals surface area contributed by atoms with E-state index < -0.39 is 20.7 Å². The summed E-state index contributed by atoms with van der Waals surface area (Å²) >= 11 is 7.41. The molecule has 1 heterocycles. The monoisotopic (exact) mass is 324 g/mol. The minimum atomic E-state index is -3.94. The van der Waals surface area contributed by atoms with E-state index in [9.17, 15) is 12.8 Å². The summed E-state index contributed by atoms with van der Waals surface area (Å²) in [6.45, 7) is 0. The van der Waals surface area contributed by atoms with Crippen molar-refractivity contribution in [3.05, 3.63) is 23.0 Å². The first-order valence-corrected chi connectivity index (χ1v) is 8.76. The summed E-state index contributed by atoms with van der Waals surface area (Å²) in [6, 6.07) is 2.08. The summed E-state index contributed by atoms with van der Waals surface area (Å²) in [7, 11) is -3.94. The molecule has 0 aliphatic carbocycles. The molecular formula is C11H14ClFN2O2S2. The number of sulfonamides is 1. The zero-order chi connectivity index (χ0) is 14.0. The molecule has 19 heavy (non-hydrogen) atoms. The van der Waals surface area contributed by atoms with Crippen LogP contribution < -0.4 is 10.5 Å². The fourth-order valence-corrected chi connectivity index (χ4v) is 4.77. The van der Waals surface area contributed by atoms with Crippen molar-refractivity contribution in [2.75, 3.05) is 17.2 Å². The molecule has 106 valence electrons. The number of nitrogens with two attached hydrogens (primary N) is 1. The van der Waals surface area contributed by atoms with E-state index in [1.807, 2.05) is 0 Å². The van der Waals surface area contributed by atoms with E-state index in [1.165, 1.54) is 6.07 Å². The van der Waals surface area contributed by atoms with Crippen LogP contribution in [0.5, 0.6) is 0 Å². The number of halogens is 2. The van der Waals surface area contributed by atoms with E-state index >= 15 is 0 Å². The van der Waals surface area contributed by atoms with Gasteiger partial charge in [-0.1, -0.05) is 11.6 Å². The summed E-state index contributed by atoms with van der Waals surface area (Å²) < 4.78 is 40.6. The Morgan fingerprint density at radius 2 is 2.21 bits per heavy atom. The van der Waals surface area contributed by atoms with E-state index in [-0.39, 0.29) is 16.8 Å². The van der Waals surface area contributed by atoms with Crippen molar-refractivity contribution >= 4 is 39.1 Å². The maximum atomic E-state index is 13.8. The van der Waals surface area contributed by atoms with Crippen molar-refractivity contribution in [1.82, 2.24) is 4.72 Å². The minimum Gasteiger partial charge on any atom is -0.396 e. The molecule has 0 spiro atoms. The number of thioether (sulfide) groups is 1. The summed E-state index contributed by atoms with van der Waals surface area (Å²) in [5.74, 6) is 0.758. The molecule has 1 unspecified atom stereocenters. The second-order valence-corrected chi connectivity index (χ2v) is 7.61. The van der Waals surface area contributed by atoms with Crippen LogP contribution in [-0.2, 0) is 10.0 Å². The molecule has 1 aromatic rings. The quantitative estimate of drug-likeness (QED) is 0.836. The summed E-state index contributed by atoms with van der Waals surface area (Å²) in [5.41, 5.74) is 5.12. The number of nitrogens with one attached hydrogen (secondary N) is 1. The Kier molecular flexibility index (Phi) is 4.60. The Bertz CT molecular complexity index is 574. The SMILES string of the molecule is Nc1cc(Cl)cc(S(=O)(=O)NC2CCCSC2)c1F. The van der Waals surface area contributed by atoms with E-state index in [1.54, 1.807) is 11.8 Å². The predicted octanol–water partition coefficient (Wildman–Crippen LogP) is 2.24. The van der Waals surface area contributed by atoms with Crippen LogP contribution in [0.15, 0.2) is 17.0 Å². The third-order valence-electron chi connectivity index (χ3n) is 2.80. The van der Waals surface area contributed by atoms with Gasteiger partial charge in [0.15, 0.2) is 5.82 Å². The fourth-order valence-electron chi connectivity index (χ4n) is 1.90. The highest BCUT2D eigenvalue weighted by molar-refractivity contribution is 7.99. The Hall–Kier alpha value is -0.500. The molecular weight excluding hydrogens is 311 g/mol. The van der Waals surface area contributed by atoms with Gasteiger partial charge in [0.25, 0.3) is 0 Å². The van der Waals surface area contributed by atoms with Gasteiger partial charge in [0.1, 0.15) is 4.90 Å². The van der Waals surface area contributed by atoms with Gasteiger partial charge in [0.05, 0.1) is 5.69 Å². The number of rotatable bonds is 3. The number of anilines is 1. The molecule has 4 nitrogen and oxygen atoms in total. The molecule has 1 fully saturated rings. The highest BCUT2D eigenvalue weighted by Crippen LogP contribution is 2.26. The zero-order valence-corrected chi connectivity index (χ0v) is 12.4. The van der Waals surface area contributed by atoms with Crippen LogP contribution in [-0.4, -0.2) is 26.0 Å². The molecule has 3 N–H and O–H groups in total. The second-order valence-electron chi connectivity index (χ2n) is 4.34. The lowest BCUT2D eigenvalue weighted by Crippen LogP contribution is -2.38. The van der Waals surface area contributed by atoms with Crippen molar-refractivity contribution < 1.29 is 12.8 Å². The molecule has 1 atom stereocenters. The minimum absolute atomic E-state index is 0.0947. The highest BCUT2D eigenvalue weighted by Gasteiger charge is 2.26. The Morgan fingerprint density at radius 1 is 1.47 bits per heavy atom. The van der Waals surface area contributed by atoms with Gasteiger partial charge < -0.3 is 5.73 Å². The molecule has 0 aromatic heterocycles. The average Bonchev–Trinajstić information content (AvgIpc) is 2.34. The number of benzene rings is 1. The standard InChI is InChI=1S/C11H14ClFN2O2S2/c12-7-4-9(14)11(13)10(5-7)19(16,17)15-8-2-1-3-18-6-8/h4-5,8,15H,1-3,6,14H2. The molecule has 0 amide bonds. The normalized spacial score (nSPS) is 20.4. The summed E-state index contributed by atoms with van der Waals surface area (Å²) in [6.07, 6.45) is 1.70. The smallest absolute Gasteiger partial charge is 0.243 e. The van der Waals surface area contributed by atoms with Gasteiger partial charge in [-0.2, -0.15) is 11.8 Å². The molecule has 0 bridgehead atoms. The fraction of sp³-hybridized carbons (Fsp3) is 0.455. The van der Waals surface area contributed by atoms with E-state index in [4.69, 9.17) is 17.3 Å². The third kappa shape index (κ3) is 3.53. The molecule has 0 saturated carbocycles. The number of nitrogen functional groups attached to an aromatic ring is 1. The van der Waals surface area contributed by atoms with Crippen molar-refractivity contribution in [2.45, 2.75) is 23.8 Å². The average molecular weight is 325 g/mol. The largest absolute Gasteiger partial charge is 0.396 e. The molecule has 1 saturated heterocycles. The Morgan fingerprint density at radius 3 is 2.84 bits per heavy atom. The first-order chi connectivity index (χ1) is 8.90. The maximum Gasteiger partial charge on any atom is 0.243 e.